The summed E-state index contributed by atoms with van der Waals surface area (Å²) in [7, 11) is 2.71. The van der Waals surface area contributed by atoms with Crippen LogP contribution in [0.2, 0.25) is 0 Å². The van der Waals surface area contributed by atoms with Gasteiger partial charge in [0.1, 0.15) is 0 Å². The van der Waals surface area contributed by atoms with Gasteiger partial charge in [0, 0.05) is 11.7 Å². The highest BCUT2D eigenvalue weighted by atomic mass is 32.1. The van der Waals surface area contributed by atoms with Crippen molar-refractivity contribution >= 4 is 29.3 Å². The monoisotopic (exact) mass is 360 g/mol. The van der Waals surface area contributed by atoms with Gasteiger partial charge in [-0.15, -0.1) is 0 Å². The number of thiocarbonyl (C=S) groups is 1. The van der Waals surface area contributed by atoms with Crippen molar-refractivity contribution < 1.29 is 19.1 Å². The maximum absolute atomic E-state index is 12.4. The summed E-state index contributed by atoms with van der Waals surface area (Å²) in [4.78, 5) is 26.0. The van der Waals surface area contributed by atoms with Gasteiger partial charge < -0.3 is 19.7 Å². The average molecular weight is 360 g/mol. The fourth-order valence-electron chi connectivity index (χ4n) is 3.08. The normalized spacial score (nSPS) is 20.2. The molecule has 1 aliphatic heterocycles. The molecule has 0 bridgehead atoms. The second kappa shape index (κ2) is 6.84. The van der Waals surface area contributed by atoms with Crippen LogP contribution < -0.4 is 5.32 Å². The van der Waals surface area contributed by atoms with Gasteiger partial charge in [-0.2, -0.15) is 0 Å². The molecule has 0 spiro atoms. The van der Waals surface area contributed by atoms with Crippen molar-refractivity contribution in [2.75, 3.05) is 14.2 Å². The van der Waals surface area contributed by atoms with Crippen LogP contribution in [0.1, 0.15) is 41.7 Å². The molecule has 0 amide bonds. The molecular weight excluding hydrogens is 340 g/mol. The summed E-state index contributed by atoms with van der Waals surface area (Å²) < 4.78 is 9.71. The minimum absolute atomic E-state index is 0.349. The molecule has 1 aromatic carbocycles. The number of carbonyl (C=O) groups is 2. The summed E-state index contributed by atoms with van der Waals surface area (Å²) in [6.45, 7) is 1.90. The zero-order valence-electron chi connectivity index (χ0n) is 14.4. The average Bonchev–Trinajstić information content (AvgIpc) is 3.45. The lowest BCUT2D eigenvalue weighted by molar-refractivity contribution is -0.136. The zero-order chi connectivity index (χ0) is 18.1. The van der Waals surface area contributed by atoms with Crippen LogP contribution in [0, 0.1) is 0 Å². The van der Waals surface area contributed by atoms with Crippen molar-refractivity contribution in [2.45, 2.75) is 31.8 Å². The van der Waals surface area contributed by atoms with Gasteiger partial charge in [-0.3, -0.25) is 0 Å². The van der Waals surface area contributed by atoms with Crippen LogP contribution in [0.4, 0.5) is 0 Å². The smallest absolute Gasteiger partial charge is 0.337 e. The Morgan fingerprint density at radius 1 is 1.12 bits per heavy atom. The standard InChI is InChI=1S/C18H20N2O4S/c1-10-14(17(22)24-3)15(19-18(25)20(10)13-8-9-13)11-4-6-12(7-5-11)16(21)23-2/h4-7,13,15H,8-9H2,1-3H3,(H,19,25)/t15-/m0/s1. The number of hydrogen-bond donors (Lipinski definition) is 1. The molecule has 3 rings (SSSR count). The molecule has 0 radical (unpaired) electrons. The SMILES string of the molecule is COC(=O)C1=C(C)N(C2CC2)C(=S)N[C@H]1c1ccc(C(=O)OC)cc1. The summed E-state index contributed by atoms with van der Waals surface area (Å²) in [5, 5.41) is 3.85. The molecule has 1 aliphatic carbocycles. The molecule has 1 heterocycles. The van der Waals surface area contributed by atoms with E-state index in [1.54, 1.807) is 24.3 Å². The van der Waals surface area contributed by atoms with Crippen LogP contribution >= 0.6 is 12.2 Å². The van der Waals surface area contributed by atoms with E-state index in [4.69, 9.17) is 21.7 Å². The largest absolute Gasteiger partial charge is 0.466 e. The van der Waals surface area contributed by atoms with Crippen molar-refractivity contribution in [1.29, 1.82) is 0 Å². The van der Waals surface area contributed by atoms with E-state index in [1.165, 1.54) is 14.2 Å². The van der Waals surface area contributed by atoms with Crippen molar-refractivity contribution in [3.05, 3.63) is 46.7 Å². The molecule has 2 aliphatic rings. The van der Waals surface area contributed by atoms with Crippen molar-refractivity contribution in [3.8, 4) is 0 Å². The molecule has 1 atom stereocenters. The van der Waals surface area contributed by atoms with Gasteiger partial charge in [-0.1, -0.05) is 12.1 Å². The molecule has 1 aromatic rings. The lowest BCUT2D eigenvalue weighted by Crippen LogP contribution is -2.48. The lowest BCUT2D eigenvalue weighted by Gasteiger charge is -2.37. The predicted octanol–water partition coefficient (Wildman–Crippen LogP) is 2.31. The number of esters is 2. The zero-order valence-corrected chi connectivity index (χ0v) is 15.2. The summed E-state index contributed by atoms with van der Waals surface area (Å²) in [5.74, 6) is -0.793. The molecule has 0 saturated heterocycles. The van der Waals surface area contributed by atoms with Gasteiger partial charge in [0.15, 0.2) is 5.11 Å². The van der Waals surface area contributed by atoms with E-state index < -0.39 is 12.0 Å². The van der Waals surface area contributed by atoms with E-state index in [1.807, 2.05) is 11.8 Å². The van der Waals surface area contributed by atoms with Crippen molar-refractivity contribution in [1.82, 2.24) is 10.2 Å². The summed E-state index contributed by atoms with van der Waals surface area (Å²) >= 11 is 5.51. The Morgan fingerprint density at radius 2 is 1.72 bits per heavy atom. The Hall–Kier alpha value is -2.41. The van der Waals surface area contributed by atoms with Gasteiger partial charge >= 0.3 is 11.9 Å². The number of ether oxygens (including phenoxy) is 2. The van der Waals surface area contributed by atoms with Crippen LogP contribution in [0.25, 0.3) is 0 Å². The first-order valence-corrected chi connectivity index (χ1v) is 8.45. The van der Waals surface area contributed by atoms with Crippen LogP contribution in [0.3, 0.4) is 0 Å². The van der Waals surface area contributed by atoms with Crippen LogP contribution in [-0.4, -0.2) is 42.2 Å². The highest BCUT2D eigenvalue weighted by Gasteiger charge is 2.40. The number of rotatable bonds is 4. The third kappa shape index (κ3) is 3.24. The number of methoxy groups -OCH3 is 2. The van der Waals surface area contributed by atoms with E-state index in [0.29, 0.717) is 22.3 Å². The maximum atomic E-state index is 12.4. The highest BCUT2D eigenvalue weighted by Crippen LogP contribution is 2.37. The number of nitrogens with one attached hydrogen (secondary N) is 1. The Kier molecular flexibility index (Phi) is 4.76. The number of carbonyl (C=O) groups excluding carboxylic acids is 2. The first kappa shape index (κ1) is 17.4. The highest BCUT2D eigenvalue weighted by molar-refractivity contribution is 7.80. The molecule has 1 saturated carbocycles. The summed E-state index contributed by atoms with van der Waals surface area (Å²) in [6.07, 6.45) is 2.12. The maximum Gasteiger partial charge on any atom is 0.337 e. The Bertz CT molecular complexity index is 753. The number of benzene rings is 1. The molecule has 25 heavy (non-hydrogen) atoms. The number of nitrogens with zero attached hydrogens (tertiary/aromatic N) is 1. The van der Waals surface area contributed by atoms with Gasteiger partial charge in [0.2, 0.25) is 0 Å². The van der Waals surface area contributed by atoms with Crippen LogP contribution in [0.5, 0.6) is 0 Å². The Labute approximate surface area is 151 Å². The van der Waals surface area contributed by atoms with Gasteiger partial charge in [0.25, 0.3) is 0 Å². The van der Waals surface area contributed by atoms with Crippen LogP contribution in [-0.2, 0) is 14.3 Å². The van der Waals surface area contributed by atoms with E-state index in [0.717, 1.165) is 24.1 Å². The third-order valence-corrected chi connectivity index (χ3v) is 4.82. The summed E-state index contributed by atoms with van der Waals surface area (Å²) in [5.41, 5.74) is 2.63. The molecule has 1 fully saturated rings. The molecule has 6 nitrogen and oxygen atoms in total. The Morgan fingerprint density at radius 3 is 2.24 bits per heavy atom. The minimum Gasteiger partial charge on any atom is -0.466 e. The van der Waals surface area contributed by atoms with Crippen LogP contribution in [0.15, 0.2) is 35.5 Å². The lowest BCUT2D eigenvalue weighted by atomic mass is 9.94. The first-order chi connectivity index (χ1) is 12.0. The quantitative estimate of drug-likeness (QED) is 0.653. The van der Waals surface area contributed by atoms with Gasteiger partial charge in [-0.05, 0) is 49.7 Å². The second-order valence-electron chi connectivity index (χ2n) is 6.09. The van der Waals surface area contributed by atoms with Crippen molar-refractivity contribution in [3.63, 3.8) is 0 Å². The molecule has 0 unspecified atom stereocenters. The molecule has 0 aromatic heterocycles. The fourth-order valence-corrected chi connectivity index (χ4v) is 3.49. The number of allylic oxidation sites excluding steroid dienone is 1. The molecule has 132 valence electrons. The molecular formula is C18H20N2O4S. The van der Waals surface area contributed by atoms with Crippen molar-refractivity contribution in [2.24, 2.45) is 0 Å². The molecule has 7 heteroatoms. The minimum atomic E-state index is -0.415. The van der Waals surface area contributed by atoms with E-state index in [2.05, 4.69) is 5.32 Å². The third-order valence-electron chi connectivity index (χ3n) is 4.51. The molecule has 1 N–H and O–H groups in total. The van der Waals surface area contributed by atoms with Gasteiger partial charge in [0.05, 0.1) is 31.4 Å². The predicted molar refractivity (Wildman–Crippen MR) is 95.8 cm³/mol. The number of hydrogen-bond acceptors (Lipinski definition) is 5. The van der Waals surface area contributed by atoms with E-state index >= 15 is 0 Å². The van der Waals surface area contributed by atoms with E-state index in [9.17, 15) is 9.59 Å². The van der Waals surface area contributed by atoms with E-state index in [-0.39, 0.29) is 5.97 Å². The topological polar surface area (TPSA) is 67.9 Å². The first-order valence-electron chi connectivity index (χ1n) is 8.05. The fraction of sp³-hybridized carbons (Fsp3) is 0.389. The Balaban J connectivity index is 2.00. The van der Waals surface area contributed by atoms with Gasteiger partial charge in [-0.25, -0.2) is 9.59 Å². The summed E-state index contributed by atoms with van der Waals surface area (Å²) in [6, 6.07) is 6.85. The second-order valence-corrected chi connectivity index (χ2v) is 6.47.